The molecule has 19 heavy (non-hydrogen) atoms. The minimum absolute atomic E-state index is 0.211. The van der Waals surface area contributed by atoms with Crippen molar-refractivity contribution in [3.63, 3.8) is 0 Å². The Morgan fingerprint density at radius 1 is 1.37 bits per heavy atom. The molecule has 0 radical (unpaired) electrons. The van der Waals surface area contributed by atoms with Gasteiger partial charge in [-0.15, -0.1) is 0 Å². The second-order valence-corrected chi connectivity index (χ2v) is 6.60. The lowest BCUT2D eigenvalue weighted by Crippen LogP contribution is -2.40. The topological polar surface area (TPSA) is 15.3 Å². The SMILES string of the molecule is CC(C)CN1CCC(Nc2ccc(F)c(Br)c2)CC1. The molecule has 2 rings (SSSR count). The molecule has 1 aromatic rings. The number of nitrogens with one attached hydrogen (secondary N) is 1. The lowest BCUT2D eigenvalue weighted by atomic mass is 10.0. The molecule has 1 aromatic carbocycles. The molecule has 0 amide bonds. The molecule has 0 bridgehead atoms. The van der Waals surface area contributed by atoms with Gasteiger partial charge >= 0.3 is 0 Å². The summed E-state index contributed by atoms with van der Waals surface area (Å²) in [5.74, 6) is 0.523. The summed E-state index contributed by atoms with van der Waals surface area (Å²) in [6, 6.07) is 5.62. The zero-order valence-electron chi connectivity index (χ0n) is 11.6. The van der Waals surface area contributed by atoms with Gasteiger partial charge in [0.25, 0.3) is 0 Å². The van der Waals surface area contributed by atoms with Crippen LogP contribution in [0, 0.1) is 11.7 Å². The molecule has 0 unspecified atom stereocenters. The van der Waals surface area contributed by atoms with Crippen LogP contribution in [0.4, 0.5) is 10.1 Å². The number of hydrogen-bond donors (Lipinski definition) is 1. The van der Waals surface area contributed by atoms with Gasteiger partial charge in [0.2, 0.25) is 0 Å². The molecule has 1 saturated heterocycles. The van der Waals surface area contributed by atoms with Crippen molar-refractivity contribution in [1.29, 1.82) is 0 Å². The maximum atomic E-state index is 13.2. The van der Waals surface area contributed by atoms with E-state index in [1.807, 2.05) is 6.07 Å². The molecule has 1 heterocycles. The van der Waals surface area contributed by atoms with Gasteiger partial charge in [-0.3, -0.25) is 0 Å². The summed E-state index contributed by atoms with van der Waals surface area (Å²) in [4.78, 5) is 2.53. The van der Waals surface area contributed by atoms with Crippen molar-refractivity contribution in [3.8, 4) is 0 Å². The number of piperidine rings is 1. The average Bonchev–Trinajstić information content (AvgIpc) is 2.36. The second-order valence-electron chi connectivity index (χ2n) is 5.74. The summed E-state index contributed by atoms with van der Waals surface area (Å²) < 4.78 is 13.7. The van der Waals surface area contributed by atoms with E-state index < -0.39 is 0 Å². The first-order valence-electron chi connectivity index (χ1n) is 6.98. The first kappa shape index (κ1) is 14.8. The monoisotopic (exact) mass is 328 g/mol. The number of anilines is 1. The number of halogens is 2. The fourth-order valence-corrected chi connectivity index (χ4v) is 2.98. The Bertz CT molecular complexity index is 415. The highest BCUT2D eigenvalue weighted by Gasteiger charge is 2.19. The van der Waals surface area contributed by atoms with Crippen molar-refractivity contribution in [3.05, 3.63) is 28.5 Å². The first-order chi connectivity index (χ1) is 9.04. The van der Waals surface area contributed by atoms with E-state index in [4.69, 9.17) is 0 Å². The van der Waals surface area contributed by atoms with E-state index in [9.17, 15) is 4.39 Å². The molecule has 0 atom stereocenters. The highest BCUT2D eigenvalue weighted by Crippen LogP contribution is 2.22. The maximum Gasteiger partial charge on any atom is 0.137 e. The van der Waals surface area contributed by atoms with Crippen LogP contribution in [0.15, 0.2) is 22.7 Å². The second kappa shape index (κ2) is 6.71. The maximum absolute atomic E-state index is 13.2. The van der Waals surface area contributed by atoms with E-state index in [1.165, 1.54) is 12.6 Å². The van der Waals surface area contributed by atoms with Crippen LogP contribution in [0.5, 0.6) is 0 Å². The van der Waals surface area contributed by atoms with E-state index in [-0.39, 0.29) is 5.82 Å². The van der Waals surface area contributed by atoms with Crippen LogP contribution in [0.2, 0.25) is 0 Å². The summed E-state index contributed by atoms with van der Waals surface area (Å²) in [7, 11) is 0. The largest absolute Gasteiger partial charge is 0.382 e. The smallest absolute Gasteiger partial charge is 0.137 e. The molecular formula is C15H22BrFN2. The Labute approximate surface area is 123 Å². The van der Waals surface area contributed by atoms with Crippen LogP contribution in [-0.2, 0) is 0 Å². The van der Waals surface area contributed by atoms with Gasteiger partial charge in [0, 0.05) is 31.4 Å². The Morgan fingerprint density at radius 2 is 2.05 bits per heavy atom. The average molecular weight is 329 g/mol. The van der Waals surface area contributed by atoms with E-state index in [1.54, 1.807) is 6.07 Å². The van der Waals surface area contributed by atoms with Crippen molar-refractivity contribution in [1.82, 2.24) is 4.90 Å². The third-order valence-electron chi connectivity index (χ3n) is 3.50. The summed E-state index contributed by atoms with van der Waals surface area (Å²) in [6.07, 6.45) is 2.31. The van der Waals surface area contributed by atoms with E-state index in [0.717, 1.165) is 37.5 Å². The van der Waals surface area contributed by atoms with Gasteiger partial charge < -0.3 is 10.2 Å². The van der Waals surface area contributed by atoms with Gasteiger partial charge in [-0.1, -0.05) is 13.8 Å². The molecule has 106 valence electrons. The first-order valence-corrected chi connectivity index (χ1v) is 7.78. The number of benzene rings is 1. The lowest BCUT2D eigenvalue weighted by molar-refractivity contribution is 0.198. The third kappa shape index (κ3) is 4.46. The summed E-state index contributed by atoms with van der Waals surface area (Å²) in [5.41, 5.74) is 0.996. The summed E-state index contributed by atoms with van der Waals surface area (Å²) in [6.45, 7) is 8.02. The Kier molecular flexibility index (Phi) is 5.22. The van der Waals surface area contributed by atoms with Crippen LogP contribution in [0.3, 0.4) is 0 Å². The number of rotatable bonds is 4. The third-order valence-corrected chi connectivity index (χ3v) is 4.11. The number of hydrogen-bond acceptors (Lipinski definition) is 2. The normalized spacial score (nSPS) is 17.9. The highest BCUT2D eigenvalue weighted by molar-refractivity contribution is 9.10. The van der Waals surface area contributed by atoms with Crippen molar-refractivity contribution in [2.24, 2.45) is 5.92 Å². The fourth-order valence-electron chi connectivity index (χ4n) is 2.60. The lowest BCUT2D eigenvalue weighted by Gasteiger charge is -2.33. The van der Waals surface area contributed by atoms with Crippen LogP contribution in [0.25, 0.3) is 0 Å². The molecule has 1 fully saturated rings. The van der Waals surface area contributed by atoms with Crippen molar-refractivity contribution < 1.29 is 4.39 Å². The number of nitrogens with zero attached hydrogens (tertiary/aromatic N) is 1. The molecule has 1 aliphatic rings. The molecule has 0 aromatic heterocycles. The minimum Gasteiger partial charge on any atom is -0.382 e. The standard InChI is InChI=1S/C15H22BrFN2/c1-11(2)10-19-7-5-12(6-8-19)18-13-3-4-15(17)14(16)9-13/h3-4,9,11-12,18H,5-8,10H2,1-2H3. The van der Waals surface area contributed by atoms with Crippen molar-refractivity contribution in [2.75, 3.05) is 25.0 Å². The van der Waals surface area contributed by atoms with Gasteiger partial charge in [-0.25, -0.2) is 4.39 Å². The highest BCUT2D eigenvalue weighted by atomic mass is 79.9. The fraction of sp³-hybridized carbons (Fsp3) is 0.600. The molecule has 0 saturated carbocycles. The summed E-state index contributed by atoms with van der Waals surface area (Å²) >= 11 is 3.22. The molecular weight excluding hydrogens is 307 g/mol. The summed E-state index contributed by atoms with van der Waals surface area (Å²) in [5, 5.41) is 3.50. The van der Waals surface area contributed by atoms with Gasteiger partial charge in [0.1, 0.15) is 5.82 Å². The van der Waals surface area contributed by atoms with E-state index in [2.05, 4.69) is 40.0 Å². The Hall–Kier alpha value is -0.610. The molecule has 2 nitrogen and oxygen atoms in total. The van der Waals surface area contributed by atoms with Crippen molar-refractivity contribution >= 4 is 21.6 Å². The zero-order valence-corrected chi connectivity index (χ0v) is 13.2. The minimum atomic E-state index is -0.211. The van der Waals surface area contributed by atoms with E-state index in [0.29, 0.717) is 10.5 Å². The molecule has 4 heteroatoms. The van der Waals surface area contributed by atoms with Crippen LogP contribution in [-0.4, -0.2) is 30.6 Å². The van der Waals surface area contributed by atoms with Gasteiger partial charge in [0.05, 0.1) is 4.47 Å². The predicted molar refractivity (Wildman–Crippen MR) is 82.0 cm³/mol. The predicted octanol–water partition coefficient (Wildman–Crippen LogP) is 4.12. The van der Waals surface area contributed by atoms with Crippen LogP contribution in [0.1, 0.15) is 26.7 Å². The molecule has 1 aliphatic heterocycles. The van der Waals surface area contributed by atoms with E-state index >= 15 is 0 Å². The van der Waals surface area contributed by atoms with Gasteiger partial charge in [-0.2, -0.15) is 0 Å². The Balaban J connectivity index is 1.83. The Morgan fingerprint density at radius 3 is 2.63 bits per heavy atom. The van der Waals surface area contributed by atoms with Crippen molar-refractivity contribution in [2.45, 2.75) is 32.7 Å². The molecule has 1 N–H and O–H groups in total. The van der Waals surface area contributed by atoms with Gasteiger partial charge in [0.15, 0.2) is 0 Å². The van der Waals surface area contributed by atoms with Crippen LogP contribution >= 0.6 is 15.9 Å². The van der Waals surface area contributed by atoms with Gasteiger partial charge in [-0.05, 0) is 52.9 Å². The molecule has 0 spiro atoms. The number of likely N-dealkylation sites (tertiary alicyclic amines) is 1. The van der Waals surface area contributed by atoms with Crippen LogP contribution < -0.4 is 5.32 Å². The zero-order chi connectivity index (χ0) is 13.8. The molecule has 0 aliphatic carbocycles. The quantitative estimate of drug-likeness (QED) is 0.894.